The van der Waals surface area contributed by atoms with E-state index in [-0.39, 0.29) is 6.16 Å². The Bertz CT molecular complexity index is 108. The van der Waals surface area contributed by atoms with Crippen molar-refractivity contribution in [3.63, 3.8) is 0 Å². The zero-order valence-corrected chi connectivity index (χ0v) is 5.19. The van der Waals surface area contributed by atoms with Gasteiger partial charge in [0.15, 0.2) is 0 Å². The molecule has 0 bridgehead atoms. The predicted octanol–water partition coefficient (Wildman–Crippen LogP) is 1.42. The Hall–Kier alpha value is -0.0700. The van der Waals surface area contributed by atoms with Crippen LogP contribution in [0.4, 0.5) is 0 Å². The molecule has 0 amide bonds. The minimum Gasteiger partial charge on any atom is -0.341 e. The van der Waals surface area contributed by atoms with E-state index in [0.29, 0.717) is 0 Å². The van der Waals surface area contributed by atoms with Gasteiger partial charge in [-0.3, -0.25) is 4.57 Å². The van der Waals surface area contributed by atoms with E-state index in [1.807, 2.05) is 0 Å². The van der Waals surface area contributed by atoms with Crippen molar-refractivity contribution in [3.05, 3.63) is 12.4 Å². The zero-order chi connectivity index (χ0) is 5.91. The van der Waals surface area contributed by atoms with E-state index in [4.69, 9.17) is 4.89 Å². The maximum atomic E-state index is 10.4. The molecule has 0 aliphatic rings. The number of hydrogen-bond acceptors (Lipinski definition) is 1. The molecule has 0 spiro atoms. The lowest BCUT2D eigenvalue weighted by Crippen LogP contribution is -1.74. The van der Waals surface area contributed by atoms with Gasteiger partial charge >= 0.3 is 0 Å². The van der Waals surface area contributed by atoms with E-state index in [9.17, 15) is 4.57 Å². The van der Waals surface area contributed by atoms with Crippen molar-refractivity contribution in [2.24, 2.45) is 0 Å². The zero-order valence-electron chi connectivity index (χ0n) is 4.29. The Labute approximate surface area is 43.3 Å². The van der Waals surface area contributed by atoms with Gasteiger partial charge in [-0.05, 0) is 5.82 Å². The van der Waals surface area contributed by atoms with E-state index in [0.717, 1.165) is 5.82 Å². The largest absolute Gasteiger partial charge is 0.341 e. The fourth-order valence-electron chi connectivity index (χ4n) is 0.129. The second kappa shape index (κ2) is 2.29. The summed E-state index contributed by atoms with van der Waals surface area (Å²) in [6, 6.07) is 0. The summed E-state index contributed by atoms with van der Waals surface area (Å²) in [5.74, 6) is 1.10. The van der Waals surface area contributed by atoms with Gasteiger partial charge in [0, 0.05) is 6.16 Å². The molecule has 0 aliphatic carbocycles. The number of hydrogen-bond donors (Lipinski definition) is 1. The minimum absolute atomic E-state index is 0.288. The van der Waals surface area contributed by atoms with Crippen LogP contribution >= 0.6 is 7.37 Å². The van der Waals surface area contributed by atoms with Crippen LogP contribution in [0.15, 0.2) is 12.4 Å². The highest BCUT2D eigenvalue weighted by Crippen LogP contribution is 2.40. The Morgan fingerprint density at radius 3 is 2.43 bits per heavy atom. The molecule has 1 unspecified atom stereocenters. The Morgan fingerprint density at radius 1 is 2.00 bits per heavy atom. The highest BCUT2D eigenvalue weighted by Gasteiger charge is 2.05. The van der Waals surface area contributed by atoms with Crippen molar-refractivity contribution in [2.45, 2.75) is 6.92 Å². The SMILES string of the molecule is C=CP(=O)(O)CC. The first kappa shape index (κ1) is 6.93. The van der Waals surface area contributed by atoms with E-state index in [1.54, 1.807) is 6.92 Å². The first-order chi connectivity index (χ1) is 3.12. The smallest absolute Gasteiger partial charge is 0.221 e. The first-order valence-electron chi connectivity index (χ1n) is 2.07. The van der Waals surface area contributed by atoms with Crippen LogP contribution in [0.1, 0.15) is 6.92 Å². The van der Waals surface area contributed by atoms with Crippen LogP contribution in [0.5, 0.6) is 0 Å². The standard InChI is InChI=1S/C4H9O2P/c1-3-7(5,6)4-2/h3H,1,4H2,2H3,(H,5,6). The average Bonchev–Trinajstić information content (AvgIpc) is 1.68. The molecule has 0 rings (SSSR count). The summed E-state index contributed by atoms with van der Waals surface area (Å²) in [6.45, 7) is 4.85. The average molecular weight is 120 g/mol. The molecule has 7 heavy (non-hydrogen) atoms. The summed E-state index contributed by atoms with van der Waals surface area (Å²) < 4.78 is 10.4. The minimum atomic E-state index is -2.89. The number of rotatable bonds is 2. The summed E-state index contributed by atoms with van der Waals surface area (Å²) in [7, 11) is -2.89. The quantitative estimate of drug-likeness (QED) is 0.559. The molecule has 1 N–H and O–H groups in total. The monoisotopic (exact) mass is 120 g/mol. The second-order valence-corrected chi connectivity index (χ2v) is 3.76. The van der Waals surface area contributed by atoms with Crippen molar-refractivity contribution >= 4 is 7.37 Å². The summed E-state index contributed by atoms with van der Waals surface area (Å²) in [5, 5.41) is 0. The molecule has 0 heterocycles. The lowest BCUT2D eigenvalue weighted by molar-refractivity contribution is 0.490. The molecule has 2 nitrogen and oxygen atoms in total. The van der Waals surface area contributed by atoms with Crippen LogP contribution in [0.2, 0.25) is 0 Å². The predicted molar refractivity (Wildman–Crippen MR) is 30.6 cm³/mol. The van der Waals surface area contributed by atoms with Crippen LogP contribution in [-0.2, 0) is 4.57 Å². The molecule has 0 radical (unpaired) electrons. The van der Waals surface area contributed by atoms with Crippen molar-refractivity contribution in [2.75, 3.05) is 6.16 Å². The first-order valence-corrected chi connectivity index (χ1v) is 3.99. The van der Waals surface area contributed by atoms with Gasteiger partial charge in [-0.1, -0.05) is 13.5 Å². The Balaban J connectivity index is 3.85. The van der Waals surface area contributed by atoms with Crippen LogP contribution < -0.4 is 0 Å². The fourth-order valence-corrected chi connectivity index (χ4v) is 0.387. The molecule has 0 saturated carbocycles. The molecular formula is C4H9O2P. The van der Waals surface area contributed by atoms with Gasteiger partial charge in [0.05, 0.1) is 0 Å². The molecule has 42 valence electrons. The summed E-state index contributed by atoms with van der Waals surface area (Å²) in [4.78, 5) is 8.57. The maximum Gasteiger partial charge on any atom is 0.221 e. The molecule has 1 atom stereocenters. The topological polar surface area (TPSA) is 37.3 Å². The fraction of sp³-hybridized carbons (Fsp3) is 0.500. The molecule has 0 fully saturated rings. The van der Waals surface area contributed by atoms with E-state index >= 15 is 0 Å². The lowest BCUT2D eigenvalue weighted by atomic mass is 11.0. The third-order valence-electron chi connectivity index (χ3n) is 0.738. The third-order valence-corrected chi connectivity index (χ3v) is 2.22. The molecule has 0 aromatic heterocycles. The Kier molecular flexibility index (Phi) is 2.27. The van der Waals surface area contributed by atoms with E-state index < -0.39 is 7.37 Å². The van der Waals surface area contributed by atoms with Gasteiger partial charge in [0.1, 0.15) is 0 Å². The van der Waals surface area contributed by atoms with Crippen LogP contribution in [0, 0.1) is 0 Å². The molecule has 0 aromatic carbocycles. The normalized spacial score (nSPS) is 18.0. The Morgan fingerprint density at radius 2 is 2.43 bits per heavy atom. The molecule has 0 aromatic rings. The van der Waals surface area contributed by atoms with Gasteiger partial charge in [-0.2, -0.15) is 0 Å². The van der Waals surface area contributed by atoms with Gasteiger partial charge in [-0.15, -0.1) is 0 Å². The van der Waals surface area contributed by atoms with E-state index in [2.05, 4.69) is 6.58 Å². The van der Waals surface area contributed by atoms with Crippen LogP contribution in [0.3, 0.4) is 0 Å². The van der Waals surface area contributed by atoms with Crippen molar-refractivity contribution in [3.8, 4) is 0 Å². The van der Waals surface area contributed by atoms with Gasteiger partial charge in [-0.25, -0.2) is 0 Å². The van der Waals surface area contributed by atoms with Crippen LogP contribution in [0.25, 0.3) is 0 Å². The second-order valence-electron chi connectivity index (χ2n) is 1.25. The third kappa shape index (κ3) is 2.60. The molecule has 0 saturated heterocycles. The summed E-state index contributed by atoms with van der Waals surface area (Å²) in [6.07, 6.45) is 0.288. The summed E-state index contributed by atoms with van der Waals surface area (Å²) >= 11 is 0. The van der Waals surface area contributed by atoms with Crippen molar-refractivity contribution in [1.29, 1.82) is 0 Å². The highest BCUT2D eigenvalue weighted by atomic mass is 31.2. The van der Waals surface area contributed by atoms with Gasteiger partial charge < -0.3 is 4.89 Å². The maximum absolute atomic E-state index is 10.4. The molecular weight excluding hydrogens is 111 g/mol. The van der Waals surface area contributed by atoms with Crippen LogP contribution in [-0.4, -0.2) is 11.1 Å². The molecule has 0 aliphatic heterocycles. The molecule has 3 heteroatoms. The van der Waals surface area contributed by atoms with E-state index in [1.165, 1.54) is 0 Å². The van der Waals surface area contributed by atoms with Crippen molar-refractivity contribution < 1.29 is 9.46 Å². The van der Waals surface area contributed by atoms with Gasteiger partial charge in [0.2, 0.25) is 7.37 Å². The van der Waals surface area contributed by atoms with Gasteiger partial charge in [0.25, 0.3) is 0 Å². The van der Waals surface area contributed by atoms with Crippen molar-refractivity contribution in [1.82, 2.24) is 0 Å². The lowest BCUT2D eigenvalue weighted by Gasteiger charge is -1.96. The summed E-state index contributed by atoms with van der Waals surface area (Å²) in [5.41, 5.74) is 0. The highest BCUT2D eigenvalue weighted by molar-refractivity contribution is 7.61.